The fourth-order valence-corrected chi connectivity index (χ4v) is 1.89. The molecule has 0 fully saturated rings. The lowest BCUT2D eigenvalue weighted by Crippen LogP contribution is -2.22. The molecule has 0 spiro atoms. The number of aliphatic hydroxyl groups is 1. The highest BCUT2D eigenvalue weighted by atomic mass is 35.5. The van der Waals surface area contributed by atoms with Gasteiger partial charge in [-0.3, -0.25) is 4.79 Å². The van der Waals surface area contributed by atoms with Gasteiger partial charge in [0.15, 0.2) is 0 Å². The van der Waals surface area contributed by atoms with Crippen LogP contribution in [-0.4, -0.2) is 24.2 Å². The van der Waals surface area contributed by atoms with E-state index in [9.17, 15) is 4.79 Å². The molecule has 15 heavy (non-hydrogen) atoms. The summed E-state index contributed by atoms with van der Waals surface area (Å²) in [4.78, 5) is 12.1. The summed E-state index contributed by atoms with van der Waals surface area (Å²) in [6.07, 6.45) is 3.74. The number of amides is 1. The largest absolute Gasteiger partial charge is 0.396 e. The Bertz CT molecular complexity index is 349. The Hall–Kier alpha value is -0.840. The van der Waals surface area contributed by atoms with Crippen molar-refractivity contribution in [1.82, 2.24) is 5.32 Å². The highest BCUT2D eigenvalue weighted by Crippen LogP contribution is 2.22. The second kappa shape index (κ2) is 6.61. The molecular formula is C10H12ClNO2S. The number of rotatable bonds is 5. The number of halogens is 1. The van der Waals surface area contributed by atoms with Gasteiger partial charge in [0.1, 0.15) is 0 Å². The average molecular weight is 246 g/mol. The molecular weight excluding hydrogens is 234 g/mol. The van der Waals surface area contributed by atoms with E-state index in [1.54, 1.807) is 12.1 Å². The first kappa shape index (κ1) is 12.2. The van der Waals surface area contributed by atoms with E-state index >= 15 is 0 Å². The van der Waals surface area contributed by atoms with Crippen molar-refractivity contribution in [3.8, 4) is 0 Å². The Morgan fingerprint density at radius 1 is 1.60 bits per heavy atom. The lowest BCUT2D eigenvalue weighted by atomic mass is 10.4. The number of carbonyl (C=O) groups is 1. The number of aliphatic hydroxyl groups excluding tert-OH is 1. The smallest absolute Gasteiger partial charge is 0.244 e. The van der Waals surface area contributed by atoms with Crippen LogP contribution in [0.5, 0.6) is 0 Å². The SMILES string of the molecule is O=C(/C=C/c1ccc(Cl)s1)NCCCO. The molecule has 1 amide bonds. The van der Waals surface area contributed by atoms with Gasteiger partial charge in [-0.25, -0.2) is 0 Å². The first-order valence-corrected chi connectivity index (χ1v) is 5.74. The zero-order valence-electron chi connectivity index (χ0n) is 8.07. The highest BCUT2D eigenvalue weighted by molar-refractivity contribution is 7.17. The third kappa shape index (κ3) is 4.97. The van der Waals surface area contributed by atoms with Gasteiger partial charge in [-0.1, -0.05) is 11.6 Å². The molecule has 0 atom stereocenters. The molecule has 0 aliphatic carbocycles. The van der Waals surface area contributed by atoms with E-state index in [0.717, 1.165) is 4.88 Å². The Morgan fingerprint density at radius 3 is 3.00 bits per heavy atom. The van der Waals surface area contributed by atoms with Gasteiger partial charge in [0.2, 0.25) is 5.91 Å². The lowest BCUT2D eigenvalue weighted by molar-refractivity contribution is -0.116. The van der Waals surface area contributed by atoms with Crippen LogP contribution in [0.3, 0.4) is 0 Å². The molecule has 0 unspecified atom stereocenters. The first-order valence-electron chi connectivity index (χ1n) is 4.54. The van der Waals surface area contributed by atoms with Crippen molar-refractivity contribution in [1.29, 1.82) is 0 Å². The van der Waals surface area contributed by atoms with Gasteiger partial charge >= 0.3 is 0 Å². The summed E-state index contributed by atoms with van der Waals surface area (Å²) >= 11 is 7.15. The molecule has 0 saturated heterocycles. The Morgan fingerprint density at radius 2 is 2.40 bits per heavy atom. The Balaban J connectivity index is 2.34. The highest BCUT2D eigenvalue weighted by Gasteiger charge is 1.96. The molecule has 0 radical (unpaired) electrons. The van der Waals surface area contributed by atoms with Crippen LogP contribution in [0.25, 0.3) is 6.08 Å². The monoisotopic (exact) mass is 245 g/mol. The van der Waals surface area contributed by atoms with Gasteiger partial charge < -0.3 is 10.4 Å². The molecule has 0 saturated carbocycles. The number of carbonyl (C=O) groups excluding carboxylic acids is 1. The number of hydrogen-bond donors (Lipinski definition) is 2. The van der Waals surface area contributed by atoms with Gasteiger partial charge in [0.05, 0.1) is 4.34 Å². The summed E-state index contributed by atoms with van der Waals surface area (Å²) in [5.41, 5.74) is 0. The minimum Gasteiger partial charge on any atom is -0.396 e. The molecule has 1 rings (SSSR count). The number of thiophene rings is 1. The predicted octanol–water partition coefficient (Wildman–Crippen LogP) is 1.91. The molecule has 5 heteroatoms. The minimum atomic E-state index is -0.159. The normalized spacial score (nSPS) is 10.8. The van der Waals surface area contributed by atoms with Crippen LogP contribution in [0.15, 0.2) is 18.2 Å². The molecule has 0 aliphatic rings. The molecule has 1 aromatic rings. The third-order valence-corrected chi connectivity index (χ3v) is 2.82. The van der Waals surface area contributed by atoms with Crippen LogP contribution >= 0.6 is 22.9 Å². The van der Waals surface area contributed by atoms with Crippen LogP contribution in [0.1, 0.15) is 11.3 Å². The summed E-state index contributed by atoms with van der Waals surface area (Å²) < 4.78 is 0.704. The summed E-state index contributed by atoms with van der Waals surface area (Å²) in [7, 11) is 0. The summed E-state index contributed by atoms with van der Waals surface area (Å²) in [5.74, 6) is -0.159. The van der Waals surface area contributed by atoms with Crippen molar-refractivity contribution in [3.63, 3.8) is 0 Å². The van der Waals surface area contributed by atoms with E-state index in [-0.39, 0.29) is 12.5 Å². The second-order valence-corrected chi connectivity index (χ2v) is 4.59. The molecule has 0 aliphatic heterocycles. The van der Waals surface area contributed by atoms with Crippen molar-refractivity contribution < 1.29 is 9.90 Å². The van der Waals surface area contributed by atoms with E-state index in [2.05, 4.69) is 5.32 Å². The van der Waals surface area contributed by atoms with Gasteiger partial charge in [-0.05, 0) is 24.6 Å². The van der Waals surface area contributed by atoms with Crippen LogP contribution < -0.4 is 5.32 Å². The third-order valence-electron chi connectivity index (χ3n) is 1.63. The first-order chi connectivity index (χ1) is 7.22. The topological polar surface area (TPSA) is 49.3 Å². The molecule has 82 valence electrons. The number of hydrogen-bond acceptors (Lipinski definition) is 3. The van der Waals surface area contributed by atoms with Crippen LogP contribution in [0, 0.1) is 0 Å². The van der Waals surface area contributed by atoms with Crippen LogP contribution in [0.4, 0.5) is 0 Å². The van der Waals surface area contributed by atoms with Crippen molar-refractivity contribution in [2.45, 2.75) is 6.42 Å². The average Bonchev–Trinajstić information content (AvgIpc) is 2.62. The van der Waals surface area contributed by atoms with Gasteiger partial charge in [-0.15, -0.1) is 11.3 Å². The zero-order chi connectivity index (χ0) is 11.1. The van der Waals surface area contributed by atoms with E-state index in [0.29, 0.717) is 17.3 Å². The molecule has 0 bridgehead atoms. The minimum absolute atomic E-state index is 0.0878. The van der Waals surface area contributed by atoms with Gasteiger partial charge in [0.25, 0.3) is 0 Å². The fraction of sp³-hybridized carbons (Fsp3) is 0.300. The quantitative estimate of drug-likeness (QED) is 0.615. The van der Waals surface area contributed by atoms with E-state index < -0.39 is 0 Å². The Labute approximate surface area is 97.4 Å². The van der Waals surface area contributed by atoms with E-state index in [1.165, 1.54) is 17.4 Å². The Kier molecular flexibility index (Phi) is 5.39. The van der Waals surface area contributed by atoms with Crippen LogP contribution in [-0.2, 0) is 4.79 Å². The van der Waals surface area contributed by atoms with Crippen molar-refractivity contribution >= 4 is 34.9 Å². The zero-order valence-corrected chi connectivity index (χ0v) is 9.64. The molecule has 0 aromatic carbocycles. The van der Waals surface area contributed by atoms with Crippen LogP contribution in [0.2, 0.25) is 4.34 Å². The molecule has 1 heterocycles. The summed E-state index contributed by atoms with van der Waals surface area (Å²) in [6.45, 7) is 0.579. The molecule has 2 N–H and O–H groups in total. The predicted molar refractivity (Wildman–Crippen MR) is 63.1 cm³/mol. The molecule has 3 nitrogen and oxygen atoms in total. The standard InChI is InChI=1S/C10H12ClNO2S/c11-9-4-2-8(15-9)3-5-10(14)12-6-1-7-13/h2-5,13H,1,6-7H2,(H,12,14)/b5-3+. The van der Waals surface area contributed by atoms with Crippen molar-refractivity contribution in [3.05, 3.63) is 27.4 Å². The second-order valence-electron chi connectivity index (χ2n) is 2.84. The van der Waals surface area contributed by atoms with E-state index in [1.807, 2.05) is 6.07 Å². The maximum absolute atomic E-state index is 11.2. The summed E-state index contributed by atoms with van der Waals surface area (Å²) in [5, 5.41) is 11.2. The van der Waals surface area contributed by atoms with E-state index in [4.69, 9.17) is 16.7 Å². The summed E-state index contributed by atoms with van der Waals surface area (Å²) in [6, 6.07) is 3.64. The van der Waals surface area contributed by atoms with Gasteiger partial charge in [-0.2, -0.15) is 0 Å². The van der Waals surface area contributed by atoms with Crippen molar-refractivity contribution in [2.24, 2.45) is 0 Å². The maximum Gasteiger partial charge on any atom is 0.244 e. The molecule has 1 aromatic heterocycles. The lowest BCUT2D eigenvalue weighted by Gasteiger charge is -1.98. The van der Waals surface area contributed by atoms with Gasteiger partial charge in [0, 0.05) is 24.1 Å². The maximum atomic E-state index is 11.2. The van der Waals surface area contributed by atoms with Crippen molar-refractivity contribution in [2.75, 3.05) is 13.2 Å². The number of nitrogens with one attached hydrogen (secondary N) is 1. The fourth-order valence-electron chi connectivity index (χ4n) is 0.925.